The van der Waals surface area contributed by atoms with Crippen molar-refractivity contribution in [3.63, 3.8) is 0 Å². The highest BCUT2D eigenvalue weighted by atomic mass is 16.5. The standard InChI is InChI=1S/C16H17N3O3/c1-11-4-3-5-13(10-11)17-16(21)19-18-15(20)12-6-8-14(22-2)9-7-12/h3-10H,1-2H3,(H,18,20)(H2,17,19,21). The van der Waals surface area contributed by atoms with Gasteiger partial charge in [-0.25, -0.2) is 10.2 Å². The van der Waals surface area contributed by atoms with E-state index in [0.717, 1.165) is 5.56 Å². The highest BCUT2D eigenvalue weighted by Crippen LogP contribution is 2.11. The van der Waals surface area contributed by atoms with Crippen LogP contribution in [0.5, 0.6) is 5.75 Å². The number of anilines is 1. The van der Waals surface area contributed by atoms with Crippen molar-refractivity contribution in [1.82, 2.24) is 10.9 Å². The Hall–Kier alpha value is -3.02. The summed E-state index contributed by atoms with van der Waals surface area (Å²) in [4.78, 5) is 23.6. The molecule has 2 aromatic rings. The molecule has 2 rings (SSSR count). The van der Waals surface area contributed by atoms with E-state index in [1.807, 2.05) is 25.1 Å². The molecule has 6 nitrogen and oxygen atoms in total. The molecule has 0 saturated heterocycles. The van der Waals surface area contributed by atoms with Crippen LogP contribution in [0.4, 0.5) is 10.5 Å². The molecule has 6 heteroatoms. The lowest BCUT2D eigenvalue weighted by Gasteiger charge is -2.09. The molecule has 2 aromatic carbocycles. The summed E-state index contributed by atoms with van der Waals surface area (Å²) in [5.41, 5.74) is 6.72. The van der Waals surface area contributed by atoms with Gasteiger partial charge in [0.05, 0.1) is 7.11 Å². The number of urea groups is 1. The molecule has 0 bridgehead atoms. The molecule has 0 aliphatic carbocycles. The molecule has 0 fully saturated rings. The van der Waals surface area contributed by atoms with Crippen LogP contribution in [0, 0.1) is 6.92 Å². The van der Waals surface area contributed by atoms with Gasteiger partial charge in [0.25, 0.3) is 5.91 Å². The van der Waals surface area contributed by atoms with Crippen LogP contribution in [-0.2, 0) is 0 Å². The maximum atomic E-state index is 11.9. The van der Waals surface area contributed by atoms with Crippen molar-refractivity contribution >= 4 is 17.6 Å². The van der Waals surface area contributed by atoms with Gasteiger partial charge in [-0.1, -0.05) is 12.1 Å². The van der Waals surface area contributed by atoms with E-state index in [9.17, 15) is 9.59 Å². The molecule has 114 valence electrons. The number of carbonyl (C=O) groups is 2. The maximum absolute atomic E-state index is 11.9. The van der Waals surface area contributed by atoms with Crippen molar-refractivity contribution in [2.24, 2.45) is 0 Å². The molecule has 0 unspecified atom stereocenters. The van der Waals surface area contributed by atoms with Crippen molar-refractivity contribution in [2.45, 2.75) is 6.92 Å². The normalized spacial score (nSPS) is 9.73. The summed E-state index contributed by atoms with van der Waals surface area (Å²) in [5, 5.41) is 2.62. The van der Waals surface area contributed by atoms with Gasteiger partial charge in [-0.2, -0.15) is 0 Å². The van der Waals surface area contributed by atoms with Gasteiger partial charge in [-0.05, 0) is 48.9 Å². The highest BCUT2D eigenvalue weighted by molar-refractivity contribution is 5.97. The lowest BCUT2D eigenvalue weighted by molar-refractivity contribution is 0.0938. The number of nitrogens with one attached hydrogen (secondary N) is 3. The first-order chi connectivity index (χ1) is 10.6. The first-order valence-electron chi connectivity index (χ1n) is 6.66. The summed E-state index contributed by atoms with van der Waals surface area (Å²) >= 11 is 0. The molecule has 0 aromatic heterocycles. The number of rotatable bonds is 3. The molecule has 0 aliphatic rings. The Labute approximate surface area is 128 Å². The molecule has 3 N–H and O–H groups in total. The van der Waals surface area contributed by atoms with E-state index in [1.54, 1.807) is 37.4 Å². The number of ether oxygens (including phenoxy) is 1. The van der Waals surface area contributed by atoms with Crippen molar-refractivity contribution < 1.29 is 14.3 Å². The Bertz CT molecular complexity index is 669. The minimum Gasteiger partial charge on any atom is -0.497 e. The fourth-order valence-corrected chi connectivity index (χ4v) is 1.81. The third-order valence-electron chi connectivity index (χ3n) is 2.92. The van der Waals surface area contributed by atoms with E-state index in [0.29, 0.717) is 17.0 Å². The van der Waals surface area contributed by atoms with Gasteiger partial charge in [0, 0.05) is 11.3 Å². The second-order valence-electron chi connectivity index (χ2n) is 4.63. The Morgan fingerprint density at radius 3 is 2.36 bits per heavy atom. The van der Waals surface area contributed by atoms with Gasteiger partial charge in [0.15, 0.2) is 0 Å². The zero-order valence-electron chi connectivity index (χ0n) is 12.3. The topological polar surface area (TPSA) is 79.5 Å². The third-order valence-corrected chi connectivity index (χ3v) is 2.92. The number of aryl methyl sites for hydroxylation is 1. The average molecular weight is 299 g/mol. The number of hydrazine groups is 1. The molecule has 22 heavy (non-hydrogen) atoms. The lowest BCUT2D eigenvalue weighted by Crippen LogP contribution is -2.43. The summed E-state index contributed by atoms with van der Waals surface area (Å²) in [6.07, 6.45) is 0. The van der Waals surface area contributed by atoms with E-state index < -0.39 is 11.9 Å². The van der Waals surface area contributed by atoms with Crippen LogP contribution in [0.25, 0.3) is 0 Å². The van der Waals surface area contributed by atoms with Crippen molar-refractivity contribution in [2.75, 3.05) is 12.4 Å². The average Bonchev–Trinajstić information content (AvgIpc) is 2.52. The molecular weight excluding hydrogens is 282 g/mol. The predicted octanol–water partition coefficient (Wildman–Crippen LogP) is 2.47. The monoisotopic (exact) mass is 299 g/mol. The van der Waals surface area contributed by atoms with Gasteiger partial charge in [-0.3, -0.25) is 10.2 Å². The molecule has 0 heterocycles. The smallest absolute Gasteiger partial charge is 0.337 e. The van der Waals surface area contributed by atoms with Gasteiger partial charge in [-0.15, -0.1) is 0 Å². The Morgan fingerprint density at radius 1 is 1.00 bits per heavy atom. The zero-order chi connectivity index (χ0) is 15.9. The molecule has 0 radical (unpaired) electrons. The first-order valence-corrected chi connectivity index (χ1v) is 6.66. The van der Waals surface area contributed by atoms with E-state index in [4.69, 9.17) is 4.74 Å². The largest absolute Gasteiger partial charge is 0.497 e. The zero-order valence-corrected chi connectivity index (χ0v) is 12.3. The van der Waals surface area contributed by atoms with Gasteiger partial charge < -0.3 is 10.1 Å². The molecule has 0 atom stereocenters. The summed E-state index contributed by atoms with van der Waals surface area (Å²) < 4.78 is 5.01. The summed E-state index contributed by atoms with van der Waals surface area (Å²) in [6, 6.07) is 13.4. The first kappa shape index (κ1) is 15.4. The fourth-order valence-electron chi connectivity index (χ4n) is 1.81. The minimum absolute atomic E-state index is 0.414. The quantitative estimate of drug-likeness (QED) is 0.762. The second-order valence-corrected chi connectivity index (χ2v) is 4.63. The lowest BCUT2D eigenvalue weighted by atomic mass is 10.2. The van der Waals surface area contributed by atoms with Gasteiger partial charge in [0.1, 0.15) is 5.75 Å². The van der Waals surface area contributed by atoms with Crippen LogP contribution >= 0.6 is 0 Å². The summed E-state index contributed by atoms with van der Waals surface area (Å²) in [7, 11) is 1.55. The number of benzene rings is 2. The van der Waals surface area contributed by atoms with Crippen molar-refractivity contribution in [3.05, 3.63) is 59.7 Å². The van der Waals surface area contributed by atoms with Crippen LogP contribution in [0.15, 0.2) is 48.5 Å². The van der Waals surface area contributed by atoms with E-state index in [2.05, 4.69) is 16.2 Å². The molecule has 0 saturated carbocycles. The molecule has 0 spiro atoms. The van der Waals surface area contributed by atoms with Gasteiger partial charge in [0.2, 0.25) is 0 Å². The van der Waals surface area contributed by atoms with Crippen LogP contribution in [0.1, 0.15) is 15.9 Å². The van der Waals surface area contributed by atoms with E-state index in [1.165, 1.54) is 0 Å². The van der Waals surface area contributed by atoms with Gasteiger partial charge >= 0.3 is 6.03 Å². The SMILES string of the molecule is COc1ccc(C(=O)NNC(=O)Nc2cccc(C)c2)cc1. The Kier molecular flexibility index (Phi) is 4.98. The Balaban J connectivity index is 1.86. The van der Waals surface area contributed by atoms with Crippen LogP contribution in [-0.4, -0.2) is 19.0 Å². The second kappa shape index (κ2) is 7.12. The summed E-state index contributed by atoms with van der Waals surface area (Å²) in [6.45, 7) is 1.93. The van der Waals surface area contributed by atoms with Crippen LogP contribution < -0.4 is 20.9 Å². The van der Waals surface area contributed by atoms with E-state index >= 15 is 0 Å². The van der Waals surface area contributed by atoms with Crippen molar-refractivity contribution in [1.29, 1.82) is 0 Å². The highest BCUT2D eigenvalue weighted by Gasteiger charge is 2.07. The number of hydrogen-bond acceptors (Lipinski definition) is 3. The van der Waals surface area contributed by atoms with Crippen molar-refractivity contribution in [3.8, 4) is 5.75 Å². The fraction of sp³-hybridized carbons (Fsp3) is 0.125. The Morgan fingerprint density at radius 2 is 1.73 bits per heavy atom. The van der Waals surface area contributed by atoms with Crippen LogP contribution in [0.3, 0.4) is 0 Å². The number of carbonyl (C=O) groups excluding carboxylic acids is 2. The van der Waals surface area contributed by atoms with Crippen LogP contribution in [0.2, 0.25) is 0 Å². The molecule has 0 aliphatic heterocycles. The number of hydrogen-bond donors (Lipinski definition) is 3. The number of amides is 3. The third kappa shape index (κ3) is 4.24. The predicted molar refractivity (Wildman–Crippen MR) is 83.8 cm³/mol. The minimum atomic E-state index is -0.521. The maximum Gasteiger partial charge on any atom is 0.337 e. The molecule has 3 amide bonds. The molecular formula is C16H17N3O3. The summed E-state index contributed by atoms with van der Waals surface area (Å²) in [5.74, 6) is 0.240. The van der Waals surface area contributed by atoms with E-state index in [-0.39, 0.29) is 0 Å². The number of methoxy groups -OCH3 is 1.